The fourth-order valence-electron chi connectivity index (χ4n) is 1.78. The third-order valence-electron chi connectivity index (χ3n) is 2.91. The number of carbonyl (C=O) groups excluding carboxylic acids is 1. The van der Waals surface area contributed by atoms with Crippen LogP contribution in [-0.4, -0.2) is 27.5 Å². The number of benzene rings is 1. The van der Waals surface area contributed by atoms with Crippen molar-refractivity contribution >= 4 is 27.3 Å². The molecule has 0 atom stereocenters. The van der Waals surface area contributed by atoms with Gasteiger partial charge in [-0.15, -0.1) is 11.3 Å². The normalized spacial score (nSPS) is 10.7. The lowest BCUT2D eigenvalue weighted by molar-refractivity contribution is 0.0997. The van der Waals surface area contributed by atoms with Gasteiger partial charge in [0.05, 0.1) is 12.1 Å². The molecule has 0 fully saturated rings. The molecule has 126 valence electrons. The van der Waals surface area contributed by atoms with E-state index in [1.165, 1.54) is 11.3 Å². The standard InChI is InChI=1S/C16H16N2O4S2/c1-12-8-9-15(23-12)24(20,21)18-10-4-5-11-22-14-7-3-2-6-13(14)16(17)19/h2-3,6-9,18H,10-11H2,1H3,(H2,17,19). The van der Waals surface area contributed by atoms with Gasteiger partial charge >= 0.3 is 0 Å². The van der Waals surface area contributed by atoms with Crippen molar-refractivity contribution in [1.29, 1.82) is 0 Å². The average Bonchev–Trinajstić information content (AvgIpc) is 2.98. The summed E-state index contributed by atoms with van der Waals surface area (Å²) in [5.74, 6) is 5.10. The maximum absolute atomic E-state index is 12.0. The minimum Gasteiger partial charge on any atom is -0.480 e. The molecule has 0 aliphatic rings. The van der Waals surface area contributed by atoms with Crippen LogP contribution >= 0.6 is 11.3 Å². The molecule has 1 aromatic carbocycles. The molecule has 0 bridgehead atoms. The minimum absolute atomic E-state index is 0.0180. The summed E-state index contributed by atoms with van der Waals surface area (Å²) in [5.41, 5.74) is 5.51. The summed E-state index contributed by atoms with van der Waals surface area (Å²) < 4.78 is 32.0. The van der Waals surface area contributed by atoms with Crippen LogP contribution in [0.15, 0.2) is 40.6 Å². The summed E-state index contributed by atoms with van der Waals surface area (Å²) in [4.78, 5) is 12.2. The molecule has 0 aliphatic carbocycles. The first kappa shape index (κ1) is 18.0. The molecule has 0 radical (unpaired) electrons. The summed E-state index contributed by atoms with van der Waals surface area (Å²) in [6, 6.07) is 9.87. The lowest BCUT2D eigenvalue weighted by Gasteiger charge is -2.05. The van der Waals surface area contributed by atoms with Crippen molar-refractivity contribution in [2.24, 2.45) is 5.73 Å². The van der Waals surface area contributed by atoms with Gasteiger partial charge in [-0.25, -0.2) is 8.42 Å². The maximum atomic E-state index is 12.0. The number of nitrogens with one attached hydrogen (secondary N) is 1. The SMILES string of the molecule is Cc1ccc(S(=O)(=O)NCC#CCOc2ccccc2C(N)=O)s1. The lowest BCUT2D eigenvalue weighted by atomic mass is 10.2. The molecule has 6 nitrogen and oxygen atoms in total. The Morgan fingerprint density at radius 1 is 1.25 bits per heavy atom. The average molecular weight is 364 g/mol. The molecular formula is C16H16N2O4S2. The molecular weight excluding hydrogens is 348 g/mol. The third kappa shape index (κ3) is 4.83. The van der Waals surface area contributed by atoms with E-state index in [1.807, 2.05) is 6.92 Å². The Labute approximate surface area is 144 Å². The highest BCUT2D eigenvalue weighted by Crippen LogP contribution is 2.20. The Morgan fingerprint density at radius 3 is 2.67 bits per heavy atom. The Bertz CT molecular complexity index is 892. The molecule has 2 aromatic rings. The summed E-state index contributed by atoms with van der Waals surface area (Å²) in [7, 11) is -3.53. The first-order valence-corrected chi connectivity index (χ1v) is 9.23. The first-order chi connectivity index (χ1) is 11.4. The number of primary amides is 1. The number of ether oxygens (including phenoxy) is 1. The zero-order valence-electron chi connectivity index (χ0n) is 12.9. The molecule has 0 spiro atoms. The van der Waals surface area contributed by atoms with E-state index in [0.29, 0.717) is 5.75 Å². The lowest BCUT2D eigenvalue weighted by Crippen LogP contribution is -2.23. The molecule has 1 amide bonds. The quantitative estimate of drug-likeness (QED) is 0.759. The third-order valence-corrected chi connectivity index (χ3v) is 5.80. The van der Waals surface area contributed by atoms with E-state index in [9.17, 15) is 13.2 Å². The largest absolute Gasteiger partial charge is 0.480 e. The van der Waals surface area contributed by atoms with E-state index in [-0.39, 0.29) is 22.9 Å². The number of nitrogens with two attached hydrogens (primary N) is 1. The highest BCUT2D eigenvalue weighted by atomic mass is 32.2. The van der Waals surface area contributed by atoms with Crippen molar-refractivity contribution in [3.8, 4) is 17.6 Å². The Balaban J connectivity index is 1.86. The molecule has 1 aromatic heterocycles. The van der Waals surface area contributed by atoms with Crippen LogP contribution in [0.2, 0.25) is 0 Å². The predicted molar refractivity (Wildman–Crippen MR) is 92.5 cm³/mol. The second-order valence-corrected chi connectivity index (χ2v) is 7.97. The van der Waals surface area contributed by atoms with E-state index in [1.54, 1.807) is 36.4 Å². The van der Waals surface area contributed by atoms with Crippen molar-refractivity contribution in [2.75, 3.05) is 13.2 Å². The second kappa shape index (κ2) is 7.97. The van der Waals surface area contributed by atoms with E-state index in [4.69, 9.17) is 10.5 Å². The number of para-hydroxylation sites is 1. The molecule has 1 heterocycles. The number of hydrogen-bond donors (Lipinski definition) is 2. The van der Waals surface area contributed by atoms with Crippen molar-refractivity contribution in [3.05, 3.63) is 46.8 Å². The van der Waals surface area contributed by atoms with E-state index >= 15 is 0 Å². The van der Waals surface area contributed by atoms with E-state index in [0.717, 1.165) is 4.88 Å². The molecule has 3 N–H and O–H groups in total. The summed E-state index contributed by atoms with van der Waals surface area (Å²) in [6.45, 7) is 1.83. The van der Waals surface area contributed by atoms with Crippen LogP contribution in [0.3, 0.4) is 0 Å². The van der Waals surface area contributed by atoms with Gasteiger partial charge in [-0.3, -0.25) is 4.79 Å². The van der Waals surface area contributed by atoms with Gasteiger partial charge in [-0.1, -0.05) is 24.0 Å². The van der Waals surface area contributed by atoms with Gasteiger partial charge < -0.3 is 10.5 Å². The van der Waals surface area contributed by atoms with E-state index in [2.05, 4.69) is 16.6 Å². The Morgan fingerprint density at radius 2 is 2.00 bits per heavy atom. The van der Waals surface area contributed by atoms with Crippen molar-refractivity contribution in [3.63, 3.8) is 0 Å². The first-order valence-electron chi connectivity index (χ1n) is 6.93. The number of amides is 1. The Kier molecular flexibility index (Phi) is 5.98. The Hall–Kier alpha value is -2.34. The number of rotatable bonds is 6. The van der Waals surface area contributed by atoms with Crippen molar-refractivity contribution < 1.29 is 17.9 Å². The summed E-state index contributed by atoms with van der Waals surface area (Å²) >= 11 is 1.20. The van der Waals surface area contributed by atoms with Crippen LogP contribution in [-0.2, 0) is 10.0 Å². The van der Waals surface area contributed by atoms with E-state index < -0.39 is 15.9 Å². The van der Waals surface area contributed by atoms with Crippen LogP contribution in [0.5, 0.6) is 5.75 Å². The number of carbonyl (C=O) groups is 1. The highest BCUT2D eigenvalue weighted by molar-refractivity contribution is 7.91. The smallest absolute Gasteiger partial charge is 0.252 e. The fourth-order valence-corrected chi connectivity index (χ4v) is 4.03. The van der Waals surface area contributed by atoms with Gasteiger partial charge in [0.15, 0.2) is 0 Å². The molecule has 2 rings (SSSR count). The van der Waals surface area contributed by atoms with Crippen LogP contribution in [0.4, 0.5) is 0 Å². The van der Waals surface area contributed by atoms with Gasteiger partial charge in [0, 0.05) is 4.88 Å². The van der Waals surface area contributed by atoms with Gasteiger partial charge in [-0.2, -0.15) is 4.72 Å². The van der Waals surface area contributed by atoms with Crippen LogP contribution in [0.1, 0.15) is 15.2 Å². The minimum atomic E-state index is -3.53. The van der Waals surface area contributed by atoms with Gasteiger partial charge in [0.1, 0.15) is 16.6 Å². The molecule has 24 heavy (non-hydrogen) atoms. The second-order valence-electron chi connectivity index (χ2n) is 4.69. The van der Waals surface area contributed by atoms with Crippen LogP contribution in [0, 0.1) is 18.8 Å². The summed E-state index contributed by atoms with van der Waals surface area (Å²) in [5, 5.41) is 0. The molecule has 8 heteroatoms. The van der Waals surface area contributed by atoms with Crippen LogP contribution < -0.4 is 15.2 Å². The van der Waals surface area contributed by atoms with Crippen LogP contribution in [0.25, 0.3) is 0 Å². The van der Waals surface area contributed by atoms with Gasteiger partial charge in [0.2, 0.25) is 0 Å². The number of aryl methyl sites for hydroxylation is 1. The number of sulfonamides is 1. The van der Waals surface area contributed by atoms with Crippen molar-refractivity contribution in [1.82, 2.24) is 4.72 Å². The number of hydrogen-bond acceptors (Lipinski definition) is 5. The number of thiophene rings is 1. The molecule has 0 aliphatic heterocycles. The van der Waals surface area contributed by atoms with Gasteiger partial charge in [0.25, 0.3) is 15.9 Å². The fraction of sp³-hybridized carbons (Fsp3) is 0.188. The predicted octanol–water partition coefficient (Wildman–Crippen LogP) is 1.52. The zero-order valence-corrected chi connectivity index (χ0v) is 14.5. The topological polar surface area (TPSA) is 98.5 Å². The zero-order chi connectivity index (χ0) is 17.6. The highest BCUT2D eigenvalue weighted by Gasteiger charge is 2.14. The molecule has 0 unspecified atom stereocenters. The molecule has 0 saturated carbocycles. The summed E-state index contributed by atoms with van der Waals surface area (Å²) in [6.07, 6.45) is 0. The monoisotopic (exact) mass is 364 g/mol. The van der Waals surface area contributed by atoms with Gasteiger partial charge in [-0.05, 0) is 31.2 Å². The molecule has 0 saturated heterocycles. The van der Waals surface area contributed by atoms with Crippen molar-refractivity contribution in [2.45, 2.75) is 11.1 Å². The maximum Gasteiger partial charge on any atom is 0.252 e.